The molecule has 1 amide bonds. The molecular weight excluding hydrogens is 262 g/mol. The van der Waals surface area contributed by atoms with Gasteiger partial charge in [0.15, 0.2) is 0 Å². The Labute approximate surface area is 124 Å². The lowest BCUT2D eigenvalue weighted by Gasteiger charge is -2.16. The van der Waals surface area contributed by atoms with E-state index in [0.717, 1.165) is 25.2 Å². The topological polar surface area (TPSA) is 59.2 Å². The Bertz CT molecular complexity index is 610. The van der Waals surface area contributed by atoms with Crippen LogP contribution in [0.5, 0.6) is 0 Å². The number of carbonyl (C=O) groups is 1. The maximum absolute atomic E-state index is 12.3. The number of hydrogen-bond donors (Lipinski definition) is 1. The molecule has 0 radical (unpaired) electrons. The second-order valence-electron chi connectivity index (χ2n) is 5.50. The monoisotopic (exact) mass is 281 g/mol. The second-order valence-corrected chi connectivity index (χ2v) is 5.50. The molecule has 1 aliphatic heterocycles. The molecule has 1 aromatic carbocycles. The predicted molar refractivity (Wildman–Crippen MR) is 82.7 cm³/mol. The van der Waals surface area contributed by atoms with E-state index in [-0.39, 0.29) is 5.91 Å². The van der Waals surface area contributed by atoms with Crippen molar-refractivity contribution in [3.05, 3.63) is 59.9 Å². The number of aromatic nitrogens is 1. The van der Waals surface area contributed by atoms with Gasteiger partial charge in [0.2, 0.25) is 5.91 Å². The minimum atomic E-state index is 0.144. The van der Waals surface area contributed by atoms with Crippen molar-refractivity contribution in [3.8, 4) is 0 Å². The molecule has 0 saturated carbocycles. The average Bonchev–Trinajstić information content (AvgIpc) is 3.00. The number of benzene rings is 1. The van der Waals surface area contributed by atoms with Crippen molar-refractivity contribution >= 4 is 11.6 Å². The van der Waals surface area contributed by atoms with Gasteiger partial charge in [0.05, 0.1) is 18.3 Å². The summed E-state index contributed by atoms with van der Waals surface area (Å²) in [6.45, 7) is 1.63. The first-order valence-corrected chi connectivity index (χ1v) is 7.25. The van der Waals surface area contributed by atoms with Gasteiger partial charge in [0.1, 0.15) is 0 Å². The fraction of sp³-hybridized carbons (Fsp3) is 0.294. The number of likely N-dealkylation sites (tertiary alicyclic amines) is 1. The van der Waals surface area contributed by atoms with Gasteiger partial charge in [-0.1, -0.05) is 30.3 Å². The van der Waals surface area contributed by atoms with Crippen molar-refractivity contribution < 1.29 is 4.79 Å². The zero-order valence-electron chi connectivity index (χ0n) is 11.9. The van der Waals surface area contributed by atoms with Crippen molar-refractivity contribution in [2.45, 2.75) is 18.8 Å². The lowest BCUT2D eigenvalue weighted by molar-refractivity contribution is -0.129. The van der Waals surface area contributed by atoms with Crippen molar-refractivity contribution in [1.82, 2.24) is 9.88 Å². The Morgan fingerprint density at radius 1 is 1.24 bits per heavy atom. The summed E-state index contributed by atoms with van der Waals surface area (Å²) in [5.74, 6) is 0.597. The van der Waals surface area contributed by atoms with Crippen LogP contribution < -0.4 is 5.73 Å². The molecule has 0 spiro atoms. The summed E-state index contributed by atoms with van der Waals surface area (Å²) >= 11 is 0. The highest BCUT2D eigenvalue weighted by molar-refractivity contribution is 5.78. The molecule has 2 aromatic rings. The highest BCUT2D eigenvalue weighted by Gasteiger charge is 2.27. The molecule has 1 fully saturated rings. The van der Waals surface area contributed by atoms with Gasteiger partial charge in [0.25, 0.3) is 0 Å². The minimum absolute atomic E-state index is 0.144. The fourth-order valence-electron chi connectivity index (χ4n) is 2.79. The molecule has 1 atom stereocenters. The Hall–Kier alpha value is -2.36. The SMILES string of the molecule is Nc1ccc(CC(=O)N2CCC(c3ccccc3)C2)nc1. The Balaban J connectivity index is 1.61. The summed E-state index contributed by atoms with van der Waals surface area (Å²) < 4.78 is 0. The van der Waals surface area contributed by atoms with Gasteiger partial charge in [-0.25, -0.2) is 0 Å². The van der Waals surface area contributed by atoms with E-state index in [2.05, 4.69) is 29.2 Å². The molecule has 1 aromatic heterocycles. The Morgan fingerprint density at radius 2 is 2.05 bits per heavy atom. The summed E-state index contributed by atoms with van der Waals surface area (Å²) in [5, 5.41) is 0. The minimum Gasteiger partial charge on any atom is -0.397 e. The molecule has 0 aliphatic carbocycles. The standard InChI is InChI=1S/C17H19N3O/c18-15-6-7-16(19-11-15)10-17(21)20-9-8-14(12-20)13-4-2-1-3-5-13/h1-7,11,14H,8-10,12,18H2. The molecule has 2 N–H and O–H groups in total. The van der Waals surface area contributed by atoms with Crippen LogP contribution in [0.3, 0.4) is 0 Å². The van der Waals surface area contributed by atoms with Crippen LogP contribution in [0.25, 0.3) is 0 Å². The number of anilines is 1. The maximum Gasteiger partial charge on any atom is 0.228 e. The smallest absolute Gasteiger partial charge is 0.228 e. The number of nitrogen functional groups attached to an aromatic ring is 1. The first kappa shape index (κ1) is 13.6. The lowest BCUT2D eigenvalue weighted by atomic mass is 9.99. The van der Waals surface area contributed by atoms with Crippen LogP contribution in [0.15, 0.2) is 48.7 Å². The summed E-state index contributed by atoms with van der Waals surface area (Å²) in [5.41, 5.74) is 8.32. The van der Waals surface area contributed by atoms with Gasteiger partial charge in [-0.2, -0.15) is 0 Å². The average molecular weight is 281 g/mol. The Kier molecular flexibility index (Phi) is 3.86. The third kappa shape index (κ3) is 3.21. The largest absolute Gasteiger partial charge is 0.397 e. The van der Waals surface area contributed by atoms with E-state index in [1.807, 2.05) is 17.0 Å². The number of pyridine rings is 1. The number of nitrogens with two attached hydrogens (primary N) is 1. The molecule has 4 nitrogen and oxygen atoms in total. The van der Waals surface area contributed by atoms with Crippen LogP contribution in [-0.4, -0.2) is 28.9 Å². The Morgan fingerprint density at radius 3 is 2.76 bits per heavy atom. The number of carbonyl (C=O) groups excluding carboxylic acids is 1. The second kappa shape index (κ2) is 5.95. The van der Waals surface area contributed by atoms with E-state index in [0.29, 0.717) is 18.0 Å². The lowest BCUT2D eigenvalue weighted by Crippen LogP contribution is -2.30. The zero-order valence-corrected chi connectivity index (χ0v) is 11.9. The predicted octanol–water partition coefficient (Wildman–Crippen LogP) is 2.22. The van der Waals surface area contributed by atoms with Crippen LogP contribution in [0.2, 0.25) is 0 Å². The zero-order chi connectivity index (χ0) is 14.7. The maximum atomic E-state index is 12.3. The van der Waals surface area contributed by atoms with Crippen molar-refractivity contribution in [3.63, 3.8) is 0 Å². The number of hydrogen-bond acceptors (Lipinski definition) is 3. The molecular formula is C17H19N3O. The van der Waals surface area contributed by atoms with Crippen molar-refractivity contribution in [2.75, 3.05) is 18.8 Å². The highest BCUT2D eigenvalue weighted by Crippen LogP contribution is 2.27. The fourth-order valence-corrected chi connectivity index (χ4v) is 2.79. The van der Waals surface area contributed by atoms with E-state index < -0.39 is 0 Å². The number of nitrogens with zero attached hydrogens (tertiary/aromatic N) is 2. The quantitative estimate of drug-likeness (QED) is 0.938. The van der Waals surface area contributed by atoms with Crippen LogP contribution in [0.1, 0.15) is 23.6 Å². The molecule has 1 saturated heterocycles. The number of amides is 1. The van der Waals surface area contributed by atoms with Crippen LogP contribution in [0, 0.1) is 0 Å². The third-order valence-electron chi connectivity index (χ3n) is 3.99. The molecule has 2 heterocycles. The van der Waals surface area contributed by atoms with Crippen molar-refractivity contribution in [2.24, 2.45) is 0 Å². The van der Waals surface area contributed by atoms with Crippen LogP contribution in [0.4, 0.5) is 5.69 Å². The molecule has 4 heteroatoms. The van der Waals surface area contributed by atoms with Crippen molar-refractivity contribution in [1.29, 1.82) is 0 Å². The first-order chi connectivity index (χ1) is 10.2. The third-order valence-corrected chi connectivity index (χ3v) is 3.99. The van der Waals surface area contributed by atoms with E-state index >= 15 is 0 Å². The van der Waals surface area contributed by atoms with Gasteiger partial charge in [-0.3, -0.25) is 9.78 Å². The summed E-state index contributed by atoms with van der Waals surface area (Å²) in [6.07, 6.45) is 2.98. The first-order valence-electron chi connectivity index (χ1n) is 7.25. The van der Waals surface area contributed by atoms with Crippen LogP contribution >= 0.6 is 0 Å². The van der Waals surface area contributed by atoms with Gasteiger partial charge in [-0.15, -0.1) is 0 Å². The molecule has 1 aliphatic rings. The van der Waals surface area contributed by atoms with Gasteiger partial charge in [0, 0.05) is 24.7 Å². The number of rotatable bonds is 3. The van der Waals surface area contributed by atoms with E-state index in [9.17, 15) is 4.79 Å². The van der Waals surface area contributed by atoms with E-state index in [1.165, 1.54) is 5.56 Å². The summed E-state index contributed by atoms with van der Waals surface area (Å²) in [4.78, 5) is 18.5. The normalized spacial score (nSPS) is 17.9. The summed E-state index contributed by atoms with van der Waals surface area (Å²) in [7, 11) is 0. The van der Waals surface area contributed by atoms with Gasteiger partial charge in [-0.05, 0) is 24.1 Å². The molecule has 108 valence electrons. The van der Waals surface area contributed by atoms with Crippen LogP contribution in [-0.2, 0) is 11.2 Å². The molecule has 1 unspecified atom stereocenters. The van der Waals surface area contributed by atoms with E-state index in [4.69, 9.17) is 5.73 Å². The molecule has 3 rings (SSSR count). The highest BCUT2D eigenvalue weighted by atomic mass is 16.2. The van der Waals surface area contributed by atoms with Gasteiger partial charge >= 0.3 is 0 Å². The summed E-state index contributed by atoms with van der Waals surface area (Å²) in [6, 6.07) is 14.0. The molecule has 21 heavy (non-hydrogen) atoms. The van der Waals surface area contributed by atoms with Gasteiger partial charge < -0.3 is 10.6 Å². The molecule has 0 bridgehead atoms. The van der Waals surface area contributed by atoms with E-state index in [1.54, 1.807) is 12.3 Å².